The van der Waals surface area contributed by atoms with Crippen LogP contribution in [0.15, 0.2) is 36.7 Å². The minimum absolute atomic E-state index is 0.206. The first-order chi connectivity index (χ1) is 11.8. The average Bonchev–Trinajstić information content (AvgIpc) is 3.33. The van der Waals surface area contributed by atoms with Crippen molar-refractivity contribution in [3.05, 3.63) is 52.0 Å². The number of nitrogens with one attached hydrogen (secondary N) is 1. The molecule has 0 radical (unpaired) electrons. The van der Waals surface area contributed by atoms with E-state index in [0.29, 0.717) is 12.0 Å². The fourth-order valence-electron chi connectivity index (χ4n) is 3.79. The maximum Gasteiger partial charge on any atom is 0.263 e. The zero-order chi connectivity index (χ0) is 16.4. The van der Waals surface area contributed by atoms with Crippen LogP contribution in [0.5, 0.6) is 0 Å². The number of carbonyl (C=O) groups is 1. The molecule has 2 aromatic rings. The van der Waals surface area contributed by atoms with Crippen LogP contribution in [0.1, 0.15) is 57.8 Å². The Bertz CT molecular complexity index is 686. The second kappa shape index (κ2) is 7.03. The molecule has 2 aliphatic heterocycles. The van der Waals surface area contributed by atoms with Gasteiger partial charge in [0.15, 0.2) is 0 Å². The summed E-state index contributed by atoms with van der Waals surface area (Å²) in [7, 11) is 0. The largest absolute Gasteiger partial charge is 0.338 e. The van der Waals surface area contributed by atoms with Crippen LogP contribution in [-0.2, 0) is 0 Å². The number of pyridine rings is 1. The van der Waals surface area contributed by atoms with Gasteiger partial charge in [0, 0.05) is 36.4 Å². The molecule has 2 fully saturated rings. The summed E-state index contributed by atoms with van der Waals surface area (Å²) in [6.45, 7) is 2.79. The lowest BCUT2D eigenvalue weighted by atomic mass is 9.90. The van der Waals surface area contributed by atoms with Crippen molar-refractivity contribution >= 4 is 17.2 Å². The molecule has 0 bridgehead atoms. The molecule has 126 valence electrons. The van der Waals surface area contributed by atoms with Crippen LogP contribution in [0.4, 0.5) is 0 Å². The van der Waals surface area contributed by atoms with E-state index in [4.69, 9.17) is 0 Å². The molecule has 0 spiro atoms. The highest BCUT2D eigenvalue weighted by Crippen LogP contribution is 2.32. The summed E-state index contributed by atoms with van der Waals surface area (Å²) in [5.41, 5.74) is 1.35. The van der Waals surface area contributed by atoms with Gasteiger partial charge in [-0.2, -0.15) is 0 Å². The van der Waals surface area contributed by atoms with Crippen LogP contribution in [0.2, 0.25) is 0 Å². The van der Waals surface area contributed by atoms with Crippen molar-refractivity contribution in [2.45, 2.75) is 37.6 Å². The Morgan fingerprint density at radius 1 is 1.12 bits per heavy atom. The van der Waals surface area contributed by atoms with Crippen LogP contribution >= 0.6 is 11.3 Å². The Morgan fingerprint density at radius 3 is 2.62 bits per heavy atom. The molecule has 4 rings (SSSR count). The Kier molecular flexibility index (Phi) is 4.63. The van der Waals surface area contributed by atoms with Gasteiger partial charge < -0.3 is 10.2 Å². The summed E-state index contributed by atoms with van der Waals surface area (Å²) in [6.07, 6.45) is 8.21. The van der Waals surface area contributed by atoms with E-state index >= 15 is 0 Å². The summed E-state index contributed by atoms with van der Waals surface area (Å²) in [6, 6.07) is 8.79. The molecule has 1 amide bonds. The maximum atomic E-state index is 12.8. The van der Waals surface area contributed by atoms with Crippen molar-refractivity contribution in [1.29, 1.82) is 0 Å². The first-order valence-electron chi connectivity index (χ1n) is 8.83. The fraction of sp³-hybridized carbons (Fsp3) is 0.474. The van der Waals surface area contributed by atoms with Gasteiger partial charge >= 0.3 is 0 Å². The predicted octanol–water partition coefficient (Wildman–Crippen LogP) is 3.59. The lowest BCUT2D eigenvalue weighted by Gasteiger charge is -2.32. The number of rotatable bonds is 3. The van der Waals surface area contributed by atoms with Crippen LogP contribution < -0.4 is 5.32 Å². The second-order valence-corrected chi connectivity index (χ2v) is 7.81. The molecule has 1 N–H and O–H groups in total. The SMILES string of the molecule is O=C(c1ccc([C@@H]2CCCN2)s1)N1CCC(c2ccncc2)CC1. The minimum atomic E-state index is 0.206. The van der Waals surface area contributed by atoms with Crippen LogP contribution in [0.3, 0.4) is 0 Å². The van der Waals surface area contributed by atoms with Gasteiger partial charge in [-0.25, -0.2) is 0 Å². The van der Waals surface area contributed by atoms with Gasteiger partial charge in [-0.1, -0.05) is 0 Å². The van der Waals surface area contributed by atoms with Gasteiger partial charge in [0.2, 0.25) is 0 Å². The summed E-state index contributed by atoms with van der Waals surface area (Å²) < 4.78 is 0. The average molecular weight is 341 g/mol. The van der Waals surface area contributed by atoms with E-state index in [9.17, 15) is 4.79 Å². The molecular weight excluding hydrogens is 318 g/mol. The van der Waals surface area contributed by atoms with Gasteiger partial charge in [0.25, 0.3) is 5.91 Å². The van der Waals surface area contributed by atoms with Gasteiger partial charge in [0.1, 0.15) is 0 Å². The highest BCUT2D eigenvalue weighted by Gasteiger charge is 2.26. The molecule has 0 aromatic carbocycles. The van der Waals surface area contributed by atoms with E-state index in [1.807, 2.05) is 23.4 Å². The topological polar surface area (TPSA) is 45.2 Å². The Hall–Kier alpha value is -1.72. The third-order valence-electron chi connectivity index (χ3n) is 5.20. The van der Waals surface area contributed by atoms with E-state index in [1.54, 1.807) is 11.3 Å². The van der Waals surface area contributed by atoms with Gasteiger partial charge in [0.05, 0.1) is 4.88 Å². The highest BCUT2D eigenvalue weighted by molar-refractivity contribution is 7.14. The summed E-state index contributed by atoms with van der Waals surface area (Å²) in [5, 5.41) is 3.51. The Balaban J connectivity index is 1.38. The van der Waals surface area contributed by atoms with Crippen molar-refractivity contribution in [1.82, 2.24) is 15.2 Å². The van der Waals surface area contributed by atoms with Gasteiger partial charge in [-0.05, 0) is 68.0 Å². The van der Waals surface area contributed by atoms with Crippen molar-refractivity contribution in [3.63, 3.8) is 0 Å². The maximum absolute atomic E-state index is 12.8. The standard InChI is InChI=1S/C19H23N3OS/c23-19(18-4-3-17(24-18)16-2-1-9-21-16)22-12-7-15(8-13-22)14-5-10-20-11-6-14/h3-6,10-11,15-16,21H,1-2,7-9,12-13H2/t16-/m0/s1. The van der Waals surface area contributed by atoms with E-state index in [2.05, 4.69) is 28.5 Å². The zero-order valence-electron chi connectivity index (χ0n) is 13.8. The second-order valence-electron chi connectivity index (χ2n) is 6.70. The third-order valence-corrected chi connectivity index (χ3v) is 6.39. The van der Waals surface area contributed by atoms with E-state index in [1.165, 1.54) is 23.3 Å². The number of piperidine rings is 1. The number of nitrogens with zero attached hydrogens (tertiary/aromatic N) is 2. The molecule has 4 heterocycles. The number of likely N-dealkylation sites (tertiary alicyclic amines) is 1. The Morgan fingerprint density at radius 2 is 1.92 bits per heavy atom. The summed E-state index contributed by atoms with van der Waals surface area (Å²) >= 11 is 1.67. The van der Waals surface area contributed by atoms with Crippen LogP contribution in [0, 0.1) is 0 Å². The number of aromatic nitrogens is 1. The van der Waals surface area contributed by atoms with Gasteiger partial charge in [-0.3, -0.25) is 9.78 Å². The van der Waals surface area contributed by atoms with Crippen molar-refractivity contribution in [2.24, 2.45) is 0 Å². The van der Waals surface area contributed by atoms with Gasteiger partial charge in [-0.15, -0.1) is 11.3 Å². The molecule has 2 aromatic heterocycles. The molecule has 2 saturated heterocycles. The lowest BCUT2D eigenvalue weighted by molar-refractivity contribution is 0.0718. The minimum Gasteiger partial charge on any atom is -0.338 e. The molecule has 2 aliphatic rings. The zero-order valence-corrected chi connectivity index (χ0v) is 14.6. The first kappa shape index (κ1) is 15.8. The third kappa shape index (κ3) is 3.23. The predicted molar refractivity (Wildman–Crippen MR) is 96.4 cm³/mol. The van der Waals surface area contributed by atoms with Crippen molar-refractivity contribution in [2.75, 3.05) is 19.6 Å². The molecule has 0 saturated carbocycles. The molecule has 0 aliphatic carbocycles. The summed E-state index contributed by atoms with van der Waals surface area (Å²) in [5.74, 6) is 0.760. The smallest absolute Gasteiger partial charge is 0.263 e. The number of amides is 1. The normalized spacial score (nSPS) is 22.0. The molecule has 24 heavy (non-hydrogen) atoms. The first-order valence-corrected chi connectivity index (χ1v) is 9.65. The number of hydrogen-bond donors (Lipinski definition) is 1. The quantitative estimate of drug-likeness (QED) is 0.928. The molecule has 4 nitrogen and oxygen atoms in total. The lowest BCUT2D eigenvalue weighted by Crippen LogP contribution is -2.37. The van der Waals surface area contributed by atoms with Crippen molar-refractivity contribution < 1.29 is 4.79 Å². The van der Waals surface area contributed by atoms with Crippen LogP contribution in [0.25, 0.3) is 0 Å². The fourth-order valence-corrected chi connectivity index (χ4v) is 4.88. The van der Waals surface area contributed by atoms with E-state index < -0.39 is 0 Å². The molecule has 5 heteroatoms. The Labute approximate surface area is 146 Å². The van der Waals surface area contributed by atoms with Crippen LogP contribution in [-0.4, -0.2) is 35.4 Å². The molecular formula is C19H23N3OS. The summed E-state index contributed by atoms with van der Waals surface area (Å²) in [4.78, 5) is 21.1. The molecule has 1 atom stereocenters. The van der Waals surface area contributed by atoms with Crippen molar-refractivity contribution in [3.8, 4) is 0 Å². The molecule has 0 unspecified atom stereocenters. The highest BCUT2D eigenvalue weighted by atomic mass is 32.1. The monoisotopic (exact) mass is 341 g/mol. The number of hydrogen-bond acceptors (Lipinski definition) is 4. The van der Waals surface area contributed by atoms with E-state index in [-0.39, 0.29) is 5.91 Å². The number of carbonyl (C=O) groups excluding carboxylic acids is 1. The van der Waals surface area contributed by atoms with E-state index in [0.717, 1.165) is 37.4 Å². The number of thiophene rings is 1.